The van der Waals surface area contributed by atoms with E-state index in [2.05, 4.69) is 10.3 Å². The highest BCUT2D eigenvalue weighted by Crippen LogP contribution is 2.60. The lowest BCUT2D eigenvalue weighted by atomic mass is 9.73. The van der Waals surface area contributed by atoms with Gasteiger partial charge >= 0.3 is 0 Å². The van der Waals surface area contributed by atoms with Crippen LogP contribution in [0.25, 0.3) is 22.5 Å². The van der Waals surface area contributed by atoms with Crippen LogP contribution in [-0.4, -0.2) is 77.5 Å². The molecule has 1 N–H and O–H groups in total. The molecule has 8 aliphatic rings. The van der Waals surface area contributed by atoms with Crippen LogP contribution in [0.2, 0.25) is 20.1 Å². The van der Waals surface area contributed by atoms with Gasteiger partial charge in [-0.25, -0.2) is 17.6 Å². The van der Waals surface area contributed by atoms with Gasteiger partial charge in [-0.3, -0.25) is 0 Å². The van der Waals surface area contributed by atoms with Gasteiger partial charge < -0.3 is 37.8 Å². The second kappa shape index (κ2) is 19.1. The molecule has 2 aromatic heterocycles. The molecular formula is C48H51Cl5F4N2O8. The first-order valence-corrected chi connectivity index (χ1v) is 25.2. The molecule has 67 heavy (non-hydrogen) atoms. The second-order valence-corrected chi connectivity index (χ2v) is 21.2. The molecule has 364 valence electrons. The predicted molar refractivity (Wildman–Crippen MR) is 242 cm³/mol. The van der Waals surface area contributed by atoms with Gasteiger partial charge in [0.2, 0.25) is 0 Å². The summed E-state index contributed by atoms with van der Waals surface area (Å²) < 4.78 is 95.4. The first kappa shape index (κ1) is 48.4. The average molecular weight is 1040 g/mol. The number of alkyl halides is 5. The molecule has 2 saturated heterocycles. The third kappa shape index (κ3) is 8.86. The van der Waals surface area contributed by atoms with Crippen molar-refractivity contribution in [1.82, 2.24) is 10.3 Å². The molecule has 2 aromatic carbocycles. The van der Waals surface area contributed by atoms with E-state index in [9.17, 15) is 22.7 Å². The quantitative estimate of drug-likeness (QED) is 0.121. The van der Waals surface area contributed by atoms with Crippen LogP contribution in [-0.2, 0) is 36.2 Å². The Bertz CT molecular complexity index is 2350. The van der Waals surface area contributed by atoms with Gasteiger partial charge in [-0.15, -0.1) is 11.6 Å². The Kier molecular flexibility index (Phi) is 13.8. The van der Waals surface area contributed by atoms with Gasteiger partial charge in [0, 0.05) is 57.8 Å². The predicted octanol–water partition coefficient (Wildman–Crippen LogP) is 13.4. The number of hydrogen-bond donors (Lipinski definition) is 1. The SMILES string of the molecule is ClCc1c(-c2c(Cl)cccc2Cl)noc1C1CC1.FC(F)C1(OCc2c(-c3c(Cl)cccc3Cl)noc2C2CC2)C[C@H]2CC[C@@H](C1)C21OCCO1.OC1(C(F)F)C[C@H]2CC[C@@H](C1)C21OCCO1. The van der Waals surface area contributed by atoms with Crippen molar-refractivity contribution < 1.29 is 55.4 Å². The van der Waals surface area contributed by atoms with Gasteiger partial charge in [0.05, 0.1) is 59.0 Å². The van der Waals surface area contributed by atoms with Gasteiger partial charge in [-0.05, 0) is 101 Å². The van der Waals surface area contributed by atoms with E-state index in [1.807, 2.05) is 0 Å². The van der Waals surface area contributed by atoms with Crippen molar-refractivity contribution >= 4 is 58.0 Å². The number of benzene rings is 2. The van der Waals surface area contributed by atoms with Gasteiger partial charge in [-0.1, -0.05) is 68.8 Å². The Labute approximate surface area is 410 Å². The fourth-order valence-electron chi connectivity index (χ4n) is 11.8. The van der Waals surface area contributed by atoms with Crippen molar-refractivity contribution in [2.24, 2.45) is 23.7 Å². The molecule has 19 heteroatoms. The van der Waals surface area contributed by atoms with Crippen molar-refractivity contribution in [2.75, 3.05) is 26.4 Å². The largest absolute Gasteiger partial charge is 0.384 e. The van der Waals surface area contributed by atoms with Crippen LogP contribution in [0.15, 0.2) is 45.4 Å². The van der Waals surface area contributed by atoms with E-state index < -0.39 is 35.6 Å². The van der Waals surface area contributed by atoms with E-state index >= 15 is 0 Å². The third-order valence-corrected chi connectivity index (χ3v) is 16.8. The molecular weight excluding hydrogens is 986 g/mol. The molecule has 2 unspecified atom stereocenters. The smallest absolute Gasteiger partial charge is 0.267 e. The minimum atomic E-state index is -2.67. The fourth-order valence-corrected chi connectivity index (χ4v) is 13.2. The number of aromatic nitrogens is 2. The van der Waals surface area contributed by atoms with E-state index in [1.54, 1.807) is 36.4 Å². The highest BCUT2D eigenvalue weighted by molar-refractivity contribution is 6.39. The van der Waals surface area contributed by atoms with E-state index in [1.165, 1.54) is 0 Å². The van der Waals surface area contributed by atoms with Crippen LogP contribution in [0.3, 0.4) is 0 Å². The van der Waals surface area contributed by atoms with Crippen LogP contribution < -0.4 is 0 Å². The summed E-state index contributed by atoms with van der Waals surface area (Å²) in [4.78, 5) is 0. The zero-order valence-corrected chi connectivity index (χ0v) is 40.2. The molecule has 8 fully saturated rings. The Hall–Kier alpha value is -2.21. The molecule has 6 saturated carbocycles. The average Bonchev–Trinajstić information content (AvgIpc) is 4.05. The summed E-state index contributed by atoms with van der Waals surface area (Å²) in [5.74, 6) is 0.883. The molecule has 4 aromatic rings. The summed E-state index contributed by atoms with van der Waals surface area (Å²) in [6, 6.07) is 10.6. The van der Waals surface area contributed by atoms with Crippen molar-refractivity contribution in [3.63, 3.8) is 0 Å². The number of ether oxygens (including phenoxy) is 5. The Morgan fingerprint density at radius 1 is 0.582 bits per heavy atom. The molecule has 0 radical (unpaired) electrons. The number of halogens is 9. The highest BCUT2D eigenvalue weighted by atomic mass is 35.5. The summed E-state index contributed by atoms with van der Waals surface area (Å²) in [5, 5.41) is 20.2. The lowest BCUT2D eigenvalue weighted by Crippen LogP contribution is -2.56. The first-order chi connectivity index (χ1) is 32.2. The van der Waals surface area contributed by atoms with Crippen molar-refractivity contribution in [3.05, 3.63) is 79.1 Å². The van der Waals surface area contributed by atoms with Crippen molar-refractivity contribution in [3.8, 4) is 22.5 Å². The standard InChI is InChI=1S/C24H25Cl2F2NO4.C13H10Cl3NO.C11H16F2O3/c25-17-2-1-3-18(26)19(17)20-16(21(33-29-20)13-4-5-13)12-32-23(22(27)28)10-14-6-7-15(11-23)24(14)30-8-9-31-24;14-6-8-12(17-18-13(8)7-4-5-7)11-9(15)2-1-3-10(11)16;12-9(13)10(14)5-7-1-2-8(6-10)11(7)15-3-4-16-11/h1-3,13-15,22H,4-12H2;1-3,7H,4-6H2;7-9,14H,1-6H2/t14-,15+,23?;;7-,8+,10?. The first-order valence-electron chi connectivity index (χ1n) is 23.1. The molecule has 4 heterocycles. The highest BCUT2D eigenvalue weighted by Gasteiger charge is 2.65. The summed E-state index contributed by atoms with van der Waals surface area (Å²) in [6.07, 6.45) is 2.77. The van der Waals surface area contributed by atoms with Crippen LogP contribution in [0.4, 0.5) is 17.6 Å². The summed E-state index contributed by atoms with van der Waals surface area (Å²) >= 11 is 31.3. The summed E-state index contributed by atoms with van der Waals surface area (Å²) in [6.45, 7) is 2.08. The minimum Gasteiger partial charge on any atom is -0.384 e. The van der Waals surface area contributed by atoms with Crippen LogP contribution >= 0.6 is 58.0 Å². The van der Waals surface area contributed by atoms with Gasteiger partial charge in [-0.2, -0.15) is 0 Å². The number of rotatable bonds is 10. The normalized spacial score (nSPS) is 30.0. The third-order valence-electron chi connectivity index (χ3n) is 15.2. The van der Waals surface area contributed by atoms with Crippen LogP contribution in [0.5, 0.6) is 0 Å². The molecule has 12 rings (SSSR count). The maximum atomic E-state index is 14.6. The van der Waals surface area contributed by atoms with Gasteiger partial charge in [0.1, 0.15) is 34.1 Å². The van der Waals surface area contributed by atoms with E-state index in [0.29, 0.717) is 92.2 Å². The van der Waals surface area contributed by atoms with Crippen LogP contribution in [0, 0.1) is 23.7 Å². The van der Waals surface area contributed by atoms with Crippen molar-refractivity contribution in [1.29, 1.82) is 0 Å². The molecule has 4 bridgehead atoms. The van der Waals surface area contributed by atoms with Crippen molar-refractivity contribution in [2.45, 2.75) is 137 Å². The molecule has 6 atom stereocenters. The molecule has 6 aliphatic carbocycles. The Morgan fingerprint density at radius 3 is 1.34 bits per heavy atom. The van der Waals surface area contributed by atoms with E-state index in [-0.39, 0.29) is 61.9 Å². The Morgan fingerprint density at radius 2 is 0.970 bits per heavy atom. The maximum Gasteiger partial charge on any atom is 0.267 e. The lowest BCUT2D eigenvalue weighted by Gasteiger charge is -2.47. The zero-order chi connectivity index (χ0) is 46.9. The lowest BCUT2D eigenvalue weighted by molar-refractivity contribution is -0.275. The number of nitrogens with zero attached hydrogens (tertiary/aromatic N) is 2. The molecule has 2 aliphatic heterocycles. The fraction of sp³-hybridized carbons (Fsp3) is 0.625. The maximum absolute atomic E-state index is 14.6. The summed E-state index contributed by atoms with van der Waals surface area (Å²) in [7, 11) is 0. The second-order valence-electron chi connectivity index (χ2n) is 19.3. The van der Waals surface area contributed by atoms with Gasteiger partial charge in [0.15, 0.2) is 11.6 Å². The Balaban J connectivity index is 0.000000130. The topological polar surface area (TPSA) is 118 Å². The molecule has 10 nitrogen and oxygen atoms in total. The number of hydrogen-bond acceptors (Lipinski definition) is 10. The molecule has 2 spiro atoms. The summed E-state index contributed by atoms with van der Waals surface area (Å²) in [5.41, 5.74) is 0.557. The monoisotopic (exact) mass is 1030 g/mol. The van der Waals surface area contributed by atoms with E-state index in [4.69, 9.17) is 90.7 Å². The van der Waals surface area contributed by atoms with Crippen LogP contribution in [0.1, 0.15) is 112 Å². The zero-order valence-electron chi connectivity index (χ0n) is 36.4. The van der Waals surface area contributed by atoms with E-state index in [0.717, 1.165) is 62.7 Å². The van der Waals surface area contributed by atoms with Gasteiger partial charge in [0.25, 0.3) is 12.9 Å². The molecule has 0 amide bonds. The minimum absolute atomic E-state index is 0.0370. The number of aliphatic hydroxyl groups is 1.